The number of hydrogen-bond acceptors (Lipinski definition) is 14. The van der Waals surface area contributed by atoms with Gasteiger partial charge in [0.25, 0.3) is 5.91 Å². The van der Waals surface area contributed by atoms with Crippen molar-refractivity contribution in [3.05, 3.63) is 191 Å². The molecule has 0 aliphatic rings. The summed E-state index contributed by atoms with van der Waals surface area (Å²) in [5, 5.41) is 48.3. The summed E-state index contributed by atoms with van der Waals surface area (Å²) in [5.41, 5.74) is 6.74. The van der Waals surface area contributed by atoms with Gasteiger partial charge in [-0.2, -0.15) is 0 Å². The van der Waals surface area contributed by atoms with E-state index in [0.717, 1.165) is 41.4 Å². The number of esters is 1. The summed E-state index contributed by atoms with van der Waals surface area (Å²) < 4.78 is 4.72. The van der Waals surface area contributed by atoms with Crippen molar-refractivity contribution >= 4 is 11.9 Å². The highest BCUT2D eigenvalue weighted by atomic mass is 16.5. The van der Waals surface area contributed by atoms with Crippen molar-refractivity contribution in [3.63, 3.8) is 0 Å². The zero-order chi connectivity index (χ0) is 45.0. The van der Waals surface area contributed by atoms with Crippen LogP contribution in [-0.2, 0) is 44.0 Å². The van der Waals surface area contributed by atoms with Gasteiger partial charge in [-0.15, -0.1) is 0 Å². The van der Waals surface area contributed by atoms with Gasteiger partial charge in [-0.3, -0.25) is 34.5 Å². The minimum absolute atomic E-state index is 0.295. The first-order valence-corrected chi connectivity index (χ1v) is 20.4. The Labute approximate surface area is 367 Å². The minimum atomic E-state index is -1.76. The number of methoxy groups -OCH3 is 1. The van der Waals surface area contributed by atoms with E-state index < -0.39 is 36.9 Å². The topological polar surface area (TPSA) is 206 Å². The molecular weight excluding hydrogens is 803 g/mol. The van der Waals surface area contributed by atoms with Gasteiger partial charge in [0, 0.05) is 77.6 Å². The molecule has 5 N–H and O–H groups in total. The third-order valence-electron chi connectivity index (χ3n) is 9.94. The van der Waals surface area contributed by atoms with Crippen molar-refractivity contribution in [2.24, 2.45) is 0 Å². The quantitative estimate of drug-likeness (QED) is 0.0696. The second-order valence-corrected chi connectivity index (χ2v) is 15.0. The SMILES string of the molecule is CN(C[C@H](O)[C@@H](O)[C@H](O)[C@H](O)CO)C(=O)c1ccc(CN(Cc2ccccc2)Cc2ccccn2)nc1.COC(=O)c1ccc(CN(Cc2ccccc2)Cc2ccccn2)nc1. The average molecular weight is 858 g/mol. The highest BCUT2D eigenvalue weighted by Gasteiger charge is 2.31. The van der Waals surface area contributed by atoms with Crippen LogP contribution in [0, 0.1) is 0 Å². The van der Waals surface area contributed by atoms with Crippen LogP contribution in [0.15, 0.2) is 146 Å². The van der Waals surface area contributed by atoms with Crippen LogP contribution in [0.5, 0.6) is 0 Å². The monoisotopic (exact) mass is 857 g/mol. The second-order valence-electron chi connectivity index (χ2n) is 15.0. The second kappa shape index (κ2) is 25.0. The minimum Gasteiger partial charge on any atom is -0.465 e. The Bertz CT molecular complexity index is 2140. The van der Waals surface area contributed by atoms with Gasteiger partial charge in [-0.05, 0) is 59.7 Å². The van der Waals surface area contributed by atoms with Crippen LogP contribution < -0.4 is 0 Å². The number of carbonyl (C=O) groups excluding carboxylic acids is 2. The first-order valence-electron chi connectivity index (χ1n) is 20.4. The van der Waals surface area contributed by atoms with E-state index >= 15 is 0 Å². The van der Waals surface area contributed by atoms with Crippen LogP contribution in [0.3, 0.4) is 0 Å². The number of hydrogen-bond donors (Lipinski definition) is 5. The molecular formula is C48H55N7O8. The number of aliphatic hydroxyl groups is 5. The molecule has 63 heavy (non-hydrogen) atoms. The average Bonchev–Trinajstić information content (AvgIpc) is 3.32. The van der Waals surface area contributed by atoms with Crippen LogP contribution in [-0.4, -0.2) is 124 Å². The molecule has 0 aliphatic carbocycles. The van der Waals surface area contributed by atoms with Gasteiger partial charge in [0.1, 0.15) is 24.4 Å². The van der Waals surface area contributed by atoms with Crippen molar-refractivity contribution in [1.29, 1.82) is 0 Å². The summed E-state index contributed by atoms with van der Waals surface area (Å²) in [6.45, 7) is 2.94. The van der Waals surface area contributed by atoms with Gasteiger partial charge in [0.05, 0.1) is 47.6 Å². The third kappa shape index (κ3) is 15.5. The molecule has 0 saturated carbocycles. The fraction of sp³-hybridized carbons (Fsp3) is 0.292. The number of likely N-dealkylation sites (N-methyl/N-ethyl adjacent to an activating group) is 1. The zero-order valence-corrected chi connectivity index (χ0v) is 35.4. The predicted molar refractivity (Wildman–Crippen MR) is 235 cm³/mol. The molecule has 0 bridgehead atoms. The van der Waals surface area contributed by atoms with Gasteiger partial charge in [0.15, 0.2) is 0 Å². The maximum absolute atomic E-state index is 12.8. The first-order chi connectivity index (χ1) is 30.5. The van der Waals surface area contributed by atoms with Crippen LogP contribution in [0.1, 0.15) is 54.6 Å². The van der Waals surface area contributed by atoms with Crippen LogP contribution in [0.4, 0.5) is 0 Å². The molecule has 0 unspecified atom stereocenters. The number of amides is 1. The molecule has 0 spiro atoms. The van der Waals surface area contributed by atoms with E-state index in [2.05, 4.69) is 54.0 Å². The van der Waals surface area contributed by atoms with Gasteiger partial charge in [-0.25, -0.2) is 4.79 Å². The number of ether oxygens (including phenoxy) is 1. The fourth-order valence-electron chi connectivity index (χ4n) is 6.57. The molecule has 6 aromatic rings. The van der Waals surface area contributed by atoms with Crippen molar-refractivity contribution in [2.45, 2.75) is 63.7 Å². The van der Waals surface area contributed by atoms with Crippen molar-refractivity contribution in [1.82, 2.24) is 34.6 Å². The molecule has 1 amide bonds. The first kappa shape index (κ1) is 47.7. The summed E-state index contributed by atoms with van der Waals surface area (Å²) in [4.78, 5) is 47.7. The number of aromatic nitrogens is 4. The summed E-state index contributed by atoms with van der Waals surface area (Å²) in [6, 6.07) is 39.1. The molecule has 330 valence electrons. The van der Waals surface area contributed by atoms with E-state index in [0.29, 0.717) is 37.3 Å². The molecule has 15 heteroatoms. The lowest BCUT2D eigenvalue weighted by molar-refractivity contribution is -0.117. The van der Waals surface area contributed by atoms with Gasteiger partial charge < -0.3 is 35.2 Å². The standard InChI is InChI=1S/C27H34N4O6.C21H21N3O2/c1-30(17-23(33)25(35)26(36)24(34)18-32)27(37)20-10-11-22(29-13-20)16-31(14-19-7-3-2-4-8-19)15-21-9-5-6-12-28-21;1-26-21(25)18-10-11-20(23-13-18)16-24(14-17-7-3-2-4-8-17)15-19-9-5-6-12-22-19/h2-13,23-26,32-36H,14-18H2,1H3;2-13H,14-16H2,1H3/t23-,24+,25+,26+;/m0./s1. The molecule has 4 heterocycles. The Morgan fingerprint density at radius 2 is 0.968 bits per heavy atom. The molecule has 6 rings (SSSR count). The number of aliphatic hydroxyl groups excluding tert-OH is 5. The number of pyridine rings is 4. The normalized spacial score (nSPS) is 13.0. The summed E-state index contributed by atoms with van der Waals surface area (Å²) in [6.07, 6.45) is -0.0550. The lowest BCUT2D eigenvalue weighted by Crippen LogP contribution is -2.50. The number of rotatable bonds is 20. The Kier molecular flexibility index (Phi) is 18.9. The maximum Gasteiger partial charge on any atom is 0.339 e. The van der Waals surface area contributed by atoms with E-state index in [4.69, 9.17) is 9.84 Å². The Hall–Kier alpha value is -6.30. The largest absolute Gasteiger partial charge is 0.465 e. The summed E-state index contributed by atoms with van der Waals surface area (Å²) >= 11 is 0. The molecule has 4 atom stereocenters. The molecule has 2 aromatic carbocycles. The fourth-order valence-corrected chi connectivity index (χ4v) is 6.57. The number of carbonyl (C=O) groups is 2. The molecule has 4 aromatic heterocycles. The van der Waals surface area contributed by atoms with Gasteiger partial charge in [0.2, 0.25) is 0 Å². The molecule has 0 saturated heterocycles. The van der Waals surface area contributed by atoms with E-state index in [-0.39, 0.29) is 12.5 Å². The Morgan fingerprint density at radius 1 is 0.540 bits per heavy atom. The van der Waals surface area contributed by atoms with Crippen LogP contribution in [0.25, 0.3) is 0 Å². The summed E-state index contributed by atoms with van der Waals surface area (Å²) in [5.74, 6) is -0.809. The molecule has 0 radical (unpaired) electrons. The van der Waals surface area contributed by atoms with E-state index in [1.54, 1.807) is 36.8 Å². The lowest BCUT2D eigenvalue weighted by atomic mass is 10.0. The Balaban J connectivity index is 0.000000252. The van der Waals surface area contributed by atoms with Gasteiger partial charge in [-0.1, -0.05) is 72.8 Å². The smallest absolute Gasteiger partial charge is 0.339 e. The highest BCUT2D eigenvalue weighted by Crippen LogP contribution is 2.16. The molecule has 15 nitrogen and oxygen atoms in total. The summed E-state index contributed by atoms with van der Waals surface area (Å²) in [7, 11) is 2.81. The van der Waals surface area contributed by atoms with Crippen LogP contribution in [0.2, 0.25) is 0 Å². The van der Waals surface area contributed by atoms with Gasteiger partial charge >= 0.3 is 5.97 Å². The zero-order valence-electron chi connectivity index (χ0n) is 35.4. The van der Waals surface area contributed by atoms with E-state index in [1.807, 2.05) is 78.9 Å². The highest BCUT2D eigenvalue weighted by molar-refractivity contribution is 5.93. The Morgan fingerprint density at radius 3 is 1.37 bits per heavy atom. The third-order valence-corrected chi connectivity index (χ3v) is 9.94. The van der Waals surface area contributed by atoms with E-state index in [9.17, 15) is 30.0 Å². The predicted octanol–water partition coefficient (Wildman–Crippen LogP) is 3.65. The molecule has 0 fully saturated rings. The maximum atomic E-state index is 12.8. The lowest BCUT2D eigenvalue weighted by Gasteiger charge is -2.28. The van der Waals surface area contributed by atoms with Crippen molar-refractivity contribution < 1.29 is 39.9 Å². The van der Waals surface area contributed by atoms with Crippen molar-refractivity contribution in [3.8, 4) is 0 Å². The molecule has 0 aliphatic heterocycles. The van der Waals surface area contributed by atoms with Crippen LogP contribution >= 0.6 is 0 Å². The number of benzene rings is 2. The number of nitrogens with zero attached hydrogens (tertiary/aromatic N) is 7. The van der Waals surface area contributed by atoms with E-state index in [1.165, 1.54) is 30.8 Å². The van der Waals surface area contributed by atoms with Crippen molar-refractivity contribution in [2.75, 3.05) is 27.3 Å².